The van der Waals surface area contributed by atoms with Crippen molar-refractivity contribution in [1.82, 2.24) is 10.3 Å². The van der Waals surface area contributed by atoms with E-state index in [0.717, 1.165) is 28.0 Å². The topological polar surface area (TPSA) is 34.1 Å². The van der Waals surface area contributed by atoms with Gasteiger partial charge in [0.2, 0.25) is 5.88 Å². The number of benzene rings is 1. The maximum Gasteiger partial charge on any atom is 0.224 e. The minimum Gasteiger partial charge on any atom is -0.439 e. The van der Waals surface area contributed by atoms with E-state index in [2.05, 4.69) is 53.1 Å². The van der Waals surface area contributed by atoms with Gasteiger partial charge in [-0.2, -0.15) is 0 Å². The van der Waals surface area contributed by atoms with Crippen molar-refractivity contribution >= 4 is 15.9 Å². The van der Waals surface area contributed by atoms with Crippen molar-refractivity contribution in [3.05, 3.63) is 51.6 Å². The van der Waals surface area contributed by atoms with Crippen LogP contribution in [0.15, 0.2) is 34.8 Å². The summed E-state index contributed by atoms with van der Waals surface area (Å²) in [6.45, 7) is 9.10. The van der Waals surface area contributed by atoms with Gasteiger partial charge in [0.1, 0.15) is 5.75 Å². The number of rotatable bonds is 5. The summed E-state index contributed by atoms with van der Waals surface area (Å²) in [5.41, 5.74) is 3.26. The number of hydrogen-bond acceptors (Lipinski definition) is 3. The number of aryl methyl sites for hydroxylation is 2. The molecule has 0 fully saturated rings. The SMILES string of the molecule is Cc1cc(C)c(CNC(C)C)c(Oc2cccc(Br)c2)n1. The second-order valence-electron chi connectivity index (χ2n) is 5.46. The first-order valence-corrected chi connectivity index (χ1v) is 7.89. The van der Waals surface area contributed by atoms with Gasteiger partial charge in [-0.1, -0.05) is 35.8 Å². The van der Waals surface area contributed by atoms with Gasteiger partial charge in [0.15, 0.2) is 0 Å². The van der Waals surface area contributed by atoms with Crippen LogP contribution in [-0.2, 0) is 6.54 Å². The molecule has 0 unspecified atom stereocenters. The van der Waals surface area contributed by atoms with E-state index in [1.807, 2.05) is 31.2 Å². The third-order valence-corrected chi connectivity index (χ3v) is 3.63. The smallest absolute Gasteiger partial charge is 0.224 e. The Morgan fingerprint density at radius 2 is 2.00 bits per heavy atom. The minimum atomic E-state index is 0.421. The van der Waals surface area contributed by atoms with Crippen LogP contribution in [0.1, 0.15) is 30.7 Å². The molecule has 0 aliphatic heterocycles. The van der Waals surface area contributed by atoms with Crippen molar-refractivity contribution in [3.63, 3.8) is 0 Å². The minimum absolute atomic E-state index is 0.421. The highest BCUT2D eigenvalue weighted by Gasteiger charge is 2.12. The number of halogens is 1. The van der Waals surface area contributed by atoms with Crippen LogP contribution in [0.25, 0.3) is 0 Å². The van der Waals surface area contributed by atoms with Gasteiger partial charge in [-0.05, 0) is 43.7 Å². The Hall–Kier alpha value is -1.39. The summed E-state index contributed by atoms with van der Waals surface area (Å²) in [7, 11) is 0. The van der Waals surface area contributed by atoms with E-state index in [9.17, 15) is 0 Å². The highest BCUT2D eigenvalue weighted by atomic mass is 79.9. The van der Waals surface area contributed by atoms with Gasteiger partial charge >= 0.3 is 0 Å². The lowest BCUT2D eigenvalue weighted by Gasteiger charge is -2.16. The normalized spacial score (nSPS) is 11.0. The lowest BCUT2D eigenvalue weighted by molar-refractivity contribution is 0.447. The van der Waals surface area contributed by atoms with Crippen LogP contribution in [0.4, 0.5) is 0 Å². The Balaban J connectivity index is 2.32. The van der Waals surface area contributed by atoms with Crippen LogP contribution in [0.3, 0.4) is 0 Å². The maximum atomic E-state index is 6.00. The van der Waals surface area contributed by atoms with E-state index in [1.54, 1.807) is 0 Å². The highest BCUT2D eigenvalue weighted by molar-refractivity contribution is 9.10. The Labute approximate surface area is 134 Å². The van der Waals surface area contributed by atoms with Gasteiger partial charge in [-0.25, -0.2) is 4.98 Å². The molecule has 1 heterocycles. The lowest BCUT2D eigenvalue weighted by atomic mass is 10.1. The first kappa shape index (κ1) is 16.0. The van der Waals surface area contributed by atoms with E-state index in [0.29, 0.717) is 11.9 Å². The molecule has 0 aliphatic rings. The third kappa shape index (κ3) is 4.55. The molecule has 0 radical (unpaired) electrons. The van der Waals surface area contributed by atoms with E-state index in [4.69, 9.17) is 4.74 Å². The average molecular weight is 349 g/mol. The monoisotopic (exact) mass is 348 g/mol. The van der Waals surface area contributed by atoms with Crippen molar-refractivity contribution in [1.29, 1.82) is 0 Å². The summed E-state index contributed by atoms with van der Waals surface area (Å²) in [5, 5.41) is 3.43. The van der Waals surface area contributed by atoms with Gasteiger partial charge in [0.25, 0.3) is 0 Å². The van der Waals surface area contributed by atoms with Gasteiger partial charge < -0.3 is 10.1 Å². The Bertz CT molecular complexity index is 626. The molecule has 2 aromatic rings. The van der Waals surface area contributed by atoms with Gasteiger partial charge in [0, 0.05) is 28.3 Å². The molecule has 0 saturated heterocycles. The zero-order chi connectivity index (χ0) is 15.4. The van der Waals surface area contributed by atoms with Crippen LogP contribution in [0.2, 0.25) is 0 Å². The highest BCUT2D eigenvalue weighted by Crippen LogP contribution is 2.28. The van der Waals surface area contributed by atoms with E-state index in [-0.39, 0.29) is 0 Å². The van der Waals surface area contributed by atoms with Crippen LogP contribution >= 0.6 is 15.9 Å². The van der Waals surface area contributed by atoms with E-state index in [1.165, 1.54) is 5.56 Å². The molecule has 21 heavy (non-hydrogen) atoms. The Morgan fingerprint density at radius 1 is 1.24 bits per heavy atom. The third-order valence-electron chi connectivity index (χ3n) is 3.14. The molecule has 1 aromatic heterocycles. The Morgan fingerprint density at radius 3 is 2.67 bits per heavy atom. The zero-order valence-corrected chi connectivity index (χ0v) is 14.5. The maximum absolute atomic E-state index is 6.00. The van der Waals surface area contributed by atoms with Crippen LogP contribution < -0.4 is 10.1 Å². The molecule has 0 spiro atoms. The number of nitrogens with zero attached hydrogens (tertiary/aromatic N) is 1. The van der Waals surface area contributed by atoms with Crippen molar-refractivity contribution < 1.29 is 4.74 Å². The average Bonchev–Trinajstić information content (AvgIpc) is 2.37. The first-order chi connectivity index (χ1) is 9.95. The van der Waals surface area contributed by atoms with E-state index >= 15 is 0 Å². The second kappa shape index (κ2) is 7.05. The fraction of sp³-hybridized carbons (Fsp3) is 0.353. The van der Waals surface area contributed by atoms with Crippen molar-refractivity contribution in [3.8, 4) is 11.6 Å². The summed E-state index contributed by atoms with van der Waals surface area (Å²) in [6, 6.07) is 10.3. The molecule has 1 aromatic carbocycles. The molecule has 1 N–H and O–H groups in total. The molecular formula is C17H21BrN2O. The van der Waals surface area contributed by atoms with Crippen LogP contribution in [0, 0.1) is 13.8 Å². The van der Waals surface area contributed by atoms with Crippen LogP contribution in [-0.4, -0.2) is 11.0 Å². The van der Waals surface area contributed by atoms with Gasteiger partial charge in [0.05, 0.1) is 0 Å². The lowest BCUT2D eigenvalue weighted by Crippen LogP contribution is -2.23. The Kier molecular flexibility index (Phi) is 5.37. The number of pyridine rings is 1. The number of hydrogen-bond donors (Lipinski definition) is 1. The molecule has 3 nitrogen and oxygen atoms in total. The molecule has 0 amide bonds. The summed E-state index contributed by atoms with van der Waals surface area (Å²) in [5.74, 6) is 1.46. The standard InChI is InChI=1S/C17H21BrN2O/c1-11(2)19-10-16-12(3)8-13(4)20-17(16)21-15-7-5-6-14(18)9-15/h5-9,11,19H,10H2,1-4H3. The molecule has 0 bridgehead atoms. The van der Waals surface area contributed by atoms with Gasteiger partial charge in [-0.3, -0.25) is 0 Å². The number of ether oxygens (including phenoxy) is 1. The quantitative estimate of drug-likeness (QED) is 0.846. The number of aromatic nitrogens is 1. The molecule has 112 valence electrons. The predicted molar refractivity (Wildman–Crippen MR) is 89.9 cm³/mol. The molecule has 0 aliphatic carbocycles. The molecule has 0 saturated carbocycles. The number of nitrogens with one attached hydrogen (secondary N) is 1. The summed E-state index contributed by atoms with van der Waals surface area (Å²) >= 11 is 3.46. The molecule has 2 rings (SSSR count). The van der Waals surface area contributed by atoms with E-state index < -0.39 is 0 Å². The molecule has 4 heteroatoms. The predicted octanol–water partition coefficient (Wildman–Crippen LogP) is 4.75. The summed E-state index contributed by atoms with van der Waals surface area (Å²) in [4.78, 5) is 4.56. The zero-order valence-electron chi connectivity index (χ0n) is 12.9. The van der Waals surface area contributed by atoms with Crippen molar-refractivity contribution in [2.45, 2.75) is 40.3 Å². The van der Waals surface area contributed by atoms with Crippen molar-refractivity contribution in [2.75, 3.05) is 0 Å². The fourth-order valence-corrected chi connectivity index (χ4v) is 2.46. The molecular weight excluding hydrogens is 328 g/mol. The van der Waals surface area contributed by atoms with Crippen molar-refractivity contribution in [2.24, 2.45) is 0 Å². The van der Waals surface area contributed by atoms with Gasteiger partial charge in [-0.15, -0.1) is 0 Å². The van der Waals surface area contributed by atoms with Crippen LogP contribution in [0.5, 0.6) is 11.6 Å². The molecule has 0 atom stereocenters. The summed E-state index contributed by atoms with van der Waals surface area (Å²) < 4.78 is 7.00. The largest absolute Gasteiger partial charge is 0.439 e. The fourth-order valence-electron chi connectivity index (χ4n) is 2.08. The summed E-state index contributed by atoms with van der Waals surface area (Å²) in [6.07, 6.45) is 0. The second-order valence-corrected chi connectivity index (χ2v) is 6.37. The first-order valence-electron chi connectivity index (χ1n) is 7.09.